The van der Waals surface area contributed by atoms with Gasteiger partial charge in [-0.1, -0.05) is 0 Å². The molecule has 10 heavy (non-hydrogen) atoms. The quantitative estimate of drug-likeness (QED) is 0.643. The van der Waals surface area contributed by atoms with E-state index in [2.05, 4.69) is 17.1 Å². The van der Waals surface area contributed by atoms with Crippen LogP contribution in [0.25, 0.3) is 0 Å². The Morgan fingerprint density at radius 1 is 1.30 bits per heavy atom. The van der Waals surface area contributed by atoms with E-state index in [0.29, 0.717) is 0 Å². The molecule has 0 bridgehead atoms. The van der Waals surface area contributed by atoms with Crippen LogP contribution in [-0.4, -0.2) is 10.2 Å². The topological polar surface area (TPSA) is 12.9 Å². The minimum Gasteiger partial charge on any atom is -0.265 e. The zero-order valence-corrected chi connectivity index (χ0v) is 6.47. The van der Waals surface area contributed by atoms with Gasteiger partial charge in [0.05, 0.1) is 0 Å². The fraction of sp³-hybridized carbons (Fsp3) is 0.375. The molecule has 0 saturated heterocycles. The third kappa shape index (κ3) is 1.51. The van der Waals surface area contributed by atoms with E-state index >= 15 is 0 Å². The van der Waals surface area contributed by atoms with E-state index < -0.39 is 0 Å². The zero-order valence-electron chi connectivity index (χ0n) is 5.66. The van der Waals surface area contributed by atoms with Crippen LogP contribution in [0.3, 0.4) is 0 Å². The molecular formula is C8H9NS. The van der Waals surface area contributed by atoms with Crippen molar-refractivity contribution in [1.29, 1.82) is 0 Å². The molecule has 0 spiro atoms. The maximum Gasteiger partial charge on any atom is 0.0278 e. The molecule has 1 aromatic heterocycles. The smallest absolute Gasteiger partial charge is 0.0278 e. The third-order valence-electron chi connectivity index (χ3n) is 1.48. The van der Waals surface area contributed by atoms with E-state index in [-0.39, 0.29) is 0 Å². The highest BCUT2D eigenvalue weighted by atomic mass is 32.2. The van der Waals surface area contributed by atoms with E-state index in [9.17, 15) is 0 Å². The molecule has 1 heterocycles. The van der Waals surface area contributed by atoms with Crippen molar-refractivity contribution in [1.82, 2.24) is 4.98 Å². The lowest BCUT2D eigenvalue weighted by atomic mass is 10.5. The van der Waals surface area contributed by atoms with Crippen molar-refractivity contribution in [3.63, 3.8) is 0 Å². The molecule has 1 aliphatic rings. The van der Waals surface area contributed by atoms with Gasteiger partial charge in [-0.3, -0.25) is 4.98 Å². The zero-order chi connectivity index (χ0) is 6.81. The van der Waals surface area contributed by atoms with Crippen LogP contribution in [0.15, 0.2) is 29.4 Å². The van der Waals surface area contributed by atoms with Crippen molar-refractivity contribution in [3.8, 4) is 0 Å². The number of aromatic nitrogens is 1. The normalized spacial score (nSPS) is 17.2. The Bertz CT molecular complexity index is 206. The van der Waals surface area contributed by atoms with Gasteiger partial charge in [0.1, 0.15) is 0 Å². The monoisotopic (exact) mass is 151 g/mol. The van der Waals surface area contributed by atoms with Crippen molar-refractivity contribution in [2.45, 2.75) is 23.0 Å². The summed E-state index contributed by atoms with van der Waals surface area (Å²) < 4.78 is 0. The number of pyridine rings is 1. The maximum absolute atomic E-state index is 3.96. The van der Waals surface area contributed by atoms with Crippen molar-refractivity contribution < 1.29 is 0 Å². The molecule has 52 valence electrons. The molecular weight excluding hydrogens is 142 g/mol. The standard InChI is InChI=1S/C8H9NS/c1-2-7(1)10-8-3-5-9-6-4-8/h3-7H,1-2H2. The summed E-state index contributed by atoms with van der Waals surface area (Å²) >= 11 is 1.97. The molecule has 0 aliphatic heterocycles. The first-order valence-electron chi connectivity index (χ1n) is 3.52. The molecule has 0 amide bonds. The summed E-state index contributed by atoms with van der Waals surface area (Å²) in [6, 6.07) is 4.14. The highest BCUT2D eigenvalue weighted by Crippen LogP contribution is 2.38. The van der Waals surface area contributed by atoms with Gasteiger partial charge in [-0.25, -0.2) is 0 Å². The predicted molar refractivity (Wildman–Crippen MR) is 43.1 cm³/mol. The van der Waals surface area contributed by atoms with E-state index in [1.807, 2.05) is 24.2 Å². The van der Waals surface area contributed by atoms with Crippen LogP contribution in [0.4, 0.5) is 0 Å². The van der Waals surface area contributed by atoms with Crippen molar-refractivity contribution in [3.05, 3.63) is 24.5 Å². The fourth-order valence-corrected chi connectivity index (χ4v) is 1.83. The van der Waals surface area contributed by atoms with Crippen molar-refractivity contribution in [2.75, 3.05) is 0 Å². The molecule has 1 saturated carbocycles. The summed E-state index contributed by atoms with van der Waals surface area (Å²) in [5.41, 5.74) is 0. The second-order valence-electron chi connectivity index (χ2n) is 2.50. The fourth-order valence-electron chi connectivity index (χ4n) is 0.795. The Labute approximate surface area is 64.9 Å². The number of rotatable bonds is 2. The Morgan fingerprint density at radius 2 is 2.00 bits per heavy atom. The Kier molecular flexibility index (Phi) is 1.63. The Morgan fingerprint density at radius 3 is 2.60 bits per heavy atom. The van der Waals surface area contributed by atoms with Gasteiger partial charge in [0.15, 0.2) is 0 Å². The second kappa shape index (κ2) is 2.62. The predicted octanol–water partition coefficient (Wildman–Crippen LogP) is 2.34. The molecule has 2 heteroatoms. The molecule has 0 N–H and O–H groups in total. The van der Waals surface area contributed by atoms with Gasteiger partial charge >= 0.3 is 0 Å². The molecule has 0 unspecified atom stereocenters. The molecule has 0 radical (unpaired) electrons. The van der Waals surface area contributed by atoms with Gasteiger partial charge < -0.3 is 0 Å². The molecule has 1 nitrogen and oxygen atoms in total. The van der Waals surface area contributed by atoms with Crippen molar-refractivity contribution in [2.24, 2.45) is 0 Å². The molecule has 0 atom stereocenters. The average Bonchev–Trinajstić information content (AvgIpc) is 2.74. The largest absolute Gasteiger partial charge is 0.265 e. The van der Waals surface area contributed by atoms with Gasteiger partial charge in [0, 0.05) is 22.5 Å². The van der Waals surface area contributed by atoms with E-state index in [1.54, 1.807) is 0 Å². The summed E-state index contributed by atoms with van der Waals surface area (Å²) in [4.78, 5) is 5.32. The Hall–Kier alpha value is -0.500. The average molecular weight is 151 g/mol. The van der Waals surface area contributed by atoms with Crippen LogP contribution in [0.5, 0.6) is 0 Å². The lowest BCUT2D eigenvalue weighted by Gasteiger charge is -1.94. The van der Waals surface area contributed by atoms with Gasteiger partial charge in [-0.05, 0) is 25.0 Å². The third-order valence-corrected chi connectivity index (χ3v) is 2.83. The summed E-state index contributed by atoms with van der Waals surface area (Å²) in [5, 5.41) is 0.905. The van der Waals surface area contributed by atoms with E-state index in [1.165, 1.54) is 17.7 Å². The van der Waals surface area contributed by atoms with Crippen LogP contribution in [0, 0.1) is 0 Å². The highest BCUT2D eigenvalue weighted by molar-refractivity contribution is 8.00. The highest BCUT2D eigenvalue weighted by Gasteiger charge is 2.21. The van der Waals surface area contributed by atoms with Gasteiger partial charge in [0.2, 0.25) is 0 Å². The molecule has 1 fully saturated rings. The first-order valence-corrected chi connectivity index (χ1v) is 4.40. The Balaban J connectivity index is 2.03. The lowest BCUT2D eigenvalue weighted by molar-refractivity contribution is 1.26. The summed E-state index contributed by atoms with van der Waals surface area (Å²) in [7, 11) is 0. The van der Waals surface area contributed by atoms with Crippen molar-refractivity contribution >= 4 is 11.8 Å². The number of hydrogen-bond acceptors (Lipinski definition) is 2. The molecule has 2 rings (SSSR count). The minimum absolute atomic E-state index is 0.905. The SMILES string of the molecule is c1cc(SC2CC2)ccn1. The van der Waals surface area contributed by atoms with E-state index in [0.717, 1.165) is 5.25 Å². The van der Waals surface area contributed by atoms with Gasteiger partial charge in [-0.15, -0.1) is 11.8 Å². The second-order valence-corrected chi connectivity index (χ2v) is 3.87. The van der Waals surface area contributed by atoms with Crippen LogP contribution in [-0.2, 0) is 0 Å². The maximum atomic E-state index is 3.96. The van der Waals surface area contributed by atoms with E-state index in [4.69, 9.17) is 0 Å². The number of nitrogens with zero attached hydrogens (tertiary/aromatic N) is 1. The molecule has 1 aliphatic carbocycles. The van der Waals surface area contributed by atoms with Crippen LogP contribution in [0.1, 0.15) is 12.8 Å². The summed E-state index contributed by atoms with van der Waals surface area (Å²) in [6.07, 6.45) is 6.50. The number of hydrogen-bond donors (Lipinski definition) is 0. The van der Waals surface area contributed by atoms with Crippen LogP contribution < -0.4 is 0 Å². The summed E-state index contributed by atoms with van der Waals surface area (Å²) in [6.45, 7) is 0. The van der Waals surface area contributed by atoms with Gasteiger partial charge in [-0.2, -0.15) is 0 Å². The first kappa shape index (κ1) is 6.23. The van der Waals surface area contributed by atoms with Crippen LogP contribution in [0.2, 0.25) is 0 Å². The van der Waals surface area contributed by atoms with Crippen LogP contribution >= 0.6 is 11.8 Å². The molecule has 0 aromatic carbocycles. The summed E-state index contributed by atoms with van der Waals surface area (Å²) in [5.74, 6) is 0. The molecule has 1 aromatic rings. The van der Waals surface area contributed by atoms with Gasteiger partial charge in [0.25, 0.3) is 0 Å². The first-order chi connectivity index (χ1) is 4.95. The number of thioether (sulfide) groups is 1. The lowest BCUT2D eigenvalue weighted by Crippen LogP contribution is -1.74. The minimum atomic E-state index is 0.905.